The highest BCUT2D eigenvalue weighted by molar-refractivity contribution is 6.30. The van der Waals surface area contributed by atoms with Crippen LogP contribution >= 0.6 is 11.6 Å². The lowest BCUT2D eigenvalue weighted by atomic mass is 9.66. The van der Waals surface area contributed by atoms with Crippen LogP contribution in [0.5, 0.6) is 0 Å². The smallest absolute Gasteiger partial charge is 0.253 e. The zero-order valence-electron chi connectivity index (χ0n) is 22.2. The number of likely N-dealkylation sites (tertiary alicyclic amines) is 2. The quantitative estimate of drug-likeness (QED) is 0.533. The van der Waals surface area contributed by atoms with Crippen molar-refractivity contribution in [3.8, 4) is 0 Å². The van der Waals surface area contributed by atoms with E-state index >= 15 is 0 Å². The molecule has 0 radical (unpaired) electrons. The Morgan fingerprint density at radius 3 is 2.25 bits per heavy atom. The Hall–Kier alpha value is -2.16. The summed E-state index contributed by atoms with van der Waals surface area (Å²) in [6.07, 6.45) is 0.848. The number of nitrogens with zero attached hydrogens (tertiary/aromatic N) is 2. The molecule has 2 aliphatic heterocycles. The number of halogens is 1. The van der Waals surface area contributed by atoms with Crippen molar-refractivity contribution < 1.29 is 24.6 Å². The largest absolute Gasteiger partial charge is 0.384 e. The van der Waals surface area contributed by atoms with Gasteiger partial charge in [-0.3, -0.25) is 14.4 Å². The highest BCUT2D eigenvalue weighted by Crippen LogP contribution is 2.46. The minimum Gasteiger partial charge on any atom is -0.384 e. The average Bonchev–Trinajstić information content (AvgIpc) is 3.28. The van der Waals surface area contributed by atoms with Crippen LogP contribution in [0.2, 0.25) is 5.02 Å². The van der Waals surface area contributed by atoms with Crippen LogP contribution in [0.1, 0.15) is 59.9 Å². The lowest BCUT2D eigenvalue weighted by Gasteiger charge is -2.51. The zero-order chi connectivity index (χ0) is 27.1. The summed E-state index contributed by atoms with van der Waals surface area (Å²) in [4.78, 5) is 42.3. The molecule has 1 aromatic carbocycles. The summed E-state index contributed by atoms with van der Waals surface area (Å²) in [7, 11) is 0. The van der Waals surface area contributed by atoms with Gasteiger partial charge in [0, 0.05) is 36.6 Å². The Morgan fingerprint density at radius 1 is 1.11 bits per heavy atom. The molecule has 3 rings (SSSR count). The number of hydrogen-bond acceptors (Lipinski definition) is 5. The number of nitrogens with one attached hydrogen (secondary N) is 1. The van der Waals surface area contributed by atoms with Gasteiger partial charge in [0.1, 0.15) is 11.6 Å². The molecule has 0 spiro atoms. The summed E-state index contributed by atoms with van der Waals surface area (Å²) in [5.41, 5.74) is -2.48. The number of carbonyl (C=O) groups excluding carboxylic acids is 3. The van der Waals surface area contributed by atoms with Gasteiger partial charge >= 0.3 is 0 Å². The van der Waals surface area contributed by atoms with Crippen LogP contribution in [0.4, 0.5) is 0 Å². The fraction of sp³-hybridized carbons (Fsp3) is 0.667. The third-order valence-electron chi connectivity index (χ3n) is 7.68. The molecule has 2 heterocycles. The van der Waals surface area contributed by atoms with Gasteiger partial charge in [-0.05, 0) is 50.3 Å². The second kappa shape index (κ2) is 10.3. The van der Waals surface area contributed by atoms with E-state index in [-0.39, 0.29) is 24.3 Å². The minimum atomic E-state index is -1.49. The molecule has 0 saturated carbocycles. The molecule has 2 saturated heterocycles. The van der Waals surface area contributed by atoms with E-state index in [2.05, 4.69) is 5.32 Å². The number of piperidine rings is 1. The van der Waals surface area contributed by atoms with Crippen LogP contribution in [0.25, 0.3) is 0 Å². The van der Waals surface area contributed by atoms with Crippen LogP contribution < -0.4 is 5.32 Å². The van der Waals surface area contributed by atoms with Gasteiger partial charge in [0.25, 0.3) is 5.91 Å². The predicted molar refractivity (Wildman–Crippen MR) is 138 cm³/mol. The summed E-state index contributed by atoms with van der Waals surface area (Å²) in [6, 6.07) is 6.45. The van der Waals surface area contributed by atoms with E-state index in [1.165, 1.54) is 18.7 Å². The van der Waals surface area contributed by atoms with Crippen molar-refractivity contribution in [3.05, 3.63) is 34.9 Å². The Balaban J connectivity index is 1.68. The molecule has 2 fully saturated rings. The van der Waals surface area contributed by atoms with Crippen molar-refractivity contribution in [1.29, 1.82) is 0 Å². The van der Waals surface area contributed by atoms with Crippen LogP contribution in [0, 0.1) is 17.3 Å². The van der Waals surface area contributed by atoms with E-state index in [0.717, 1.165) is 5.56 Å². The van der Waals surface area contributed by atoms with E-state index in [9.17, 15) is 24.6 Å². The first-order chi connectivity index (χ1) is 16.6. The molecule has 1 aromatic rings. The van der Waals surface area contributed by atoms with Crippen LogP contribution in [0.3, 0.4) is 0 Å². The van der Waals surface area contributed by atoms with Gasteiger partial charge in [-0.1, -0.05) is 51.4 Å². The van der Waals surface area contributed by atoms with Crippen molar-refractivity contribution in [2.45, 2.75) is 71.6 Å². The molecular weight excluding hydrogens is 482 g/mol. The van der Waals surface area contributed by atoms with E-state index < -0.39 is 34.5 Å². The molecule has 0 aliphatic carbocycles. The number of carbonyl (C=O) groups is 3. The van der Waals surface area contributed by atoms with E-state index in [1.54, 1.807) is 17.0 Å². The van der Waals surface area contributed by atoms with Crippen molar-refractivity contribution in [2.75, 3.05) is 26.2 Å². The van der Waals surface area contributed by atoms with E-state index in [1.807, 2.05) is 39.8 Å². The molecule has 8 nitrogen and oxygen atoms in total. The Labute approximate surface area is 219 Å². The second-order valence-electron chi connectivity index (χ2n) is 11.8. The van der Waals surface area contributed by atoms with Gasteiger partial charge in [-0.25, -0.2) is 0 Å². The number of aliphatic hydroxyl groups is 2. The summed E-state index contributed by atoms with van der Waals surface area (Å²) < 4.78 is 0. The molecule has 36 heavy (non-hydrogen) atoms. The van der Waals surface area contributed by atoms with Crippen LogP contribution in [-0.4, -0.2) is 75.6 Å². The van der Waals surface area contributed by atoms with Gasteiger partial charge in [-0.2, -0.15) is 0 Å². The topological polar surface area (TPSA) is 110 Å². The lowest BCUT2D eigenvalue weighted by molar-refractivity contribution is -0.157. The molecule has 3 atom stereocenters. The molecular formula is C27H40ClN3O5. The van der Waals surface area contributed by atoms with Gasteiger partial charge in [-0.15, -0.1) is 0 Å². The average molecular weight is 522 g/mol. The minimum absolute atomic E-state index is 0.142. The summed E-state index contributed by atoms with van der Waals surface area (Å²) in [5, 5.41) is 25.2. The first-order valence-corrected chi connectivity index (χ1v) is 13.0. The monoisotopic (exact) mass is 521 g/mol. The molecule has 0 aromatic heterocycles. The summed E-state index contributed by atoms with van der Waals surface area (Å²) in [6.45, 7) is 11.8. The van der Waals surface area contributed by atoms with E-state index in [0.29, 0.717) is 37.5 Å². The highest BCUT2D eigenvalue weighted by Gasteiger charge is 2.50. The Kier molecular flexibility index (Phi) is 8.13. The second-order valence-corrected chi connectivity index (χ2v) is 12.2. The third-order valence-corrected chi connectivity index (χ3v) is 7.93. The first kappa shape index (κ1) is 28.4. The van der Waals surface area contributed by atoms with Gasteiger partial charge in [0.05, 0.1) is 11.5 Å². The zero-order valence-corrected chi connectivity index (χ0v) is 22.9. The van der Waals surface area contributed by atoms with Crippen molar-refractivity contribution >= 4 is 29.3 Å². The molecule has 0 unspecified atom stereocenters. The molecule has 9 heteroatoms. The van der Waals surface area contributed by atoms with E-state index in [4.69, 9.17) is 11.6 Å². The van der Waals surface area contributed by atoms with Crippen molar-refractivity contribution in [3.63, 3.8) is 0 Å². The highest BCUT2D eigenvalue weighted by atomic mass is 35.5. The predicted octanol–water partition coefficient (Wildman–Crippen LogP) is 2.55. The fourth-order valence-corrected chi connectivity index (χ4v) is 5.42. The standard InChI is InChI=1S/C27H40ClN3O5/c1-17(2)21(29-22(32)18-11-13-30(15-18)24(34)26(5,6)35)23(33)31-14-12-27(36,25(3,4)16-31)19-7-9-20(28)10-8-19/h7-10,17-18,21,35-36H,11-16H2,1-6H3,(H,29,32)/t18-,21-,27+/m1/s1. The maximum Gasteiger partial charge on any atom is 0.253 e. The molecule has 2 aliphatic rings. The first-order valence-electron chi connectivity index (χ1n) is 12.7. The van der Waals surface area contributed by atoms with Gasteiger partial charge < -0.3 is 25.3 Å². The Bertz CT molecular complexity index is 988. The number of amides is 3. The fourth-order valence-electron chi connectivity index (χ4n) is 5.30. The summed E-state index contributed by atoms with van der Waals surface area (Å²) >= 11 is 6.03. The Morgan fingerprint density at radius 2 is 1.72 bits per heavy atom. The number of benzene rings is 1. The molecule has 200 valence electrons. The maximum absolute atomic E-state index is 13.6. The van der Waals surface area contributed by atoms with Crippen molar-refractivity contribution in [2.24, 2.45) is 17.3 Å². The molecule has 3 amide bonds. The van der Waals surface area contributed by atoms with Crippen molar-refractivity contribution in [1.82, 2.24) is 15.1 Å². The molecule has 0 bridgehead atoms. The van der Waals surface area contributed by atoms with Crippen LogP contribution in [0.15, 0.2) is 24.3 Å². The number of rotatable bonds is 6. The molecule has 3 N–H and O–H groups in total. The van der Waals surface area contributed by atoms with Gasteiger partial charge in [0.15, 0.2) is 0 Å². The summed E-state index contributed by atoms with van der Waals surface area (Å²) in [5.74, 6) is -1.41. The normalized spacial score (nSPS) is 25.1. The number of hydrogen-bond donors (Lipinski definition) is 3. The van der Waals surface area contributed by atoms with Crippen LogP contribution in [-0.2, 0) is 20.0 Å². The third kappa shape index (κ3) is 5.71. The SMILES string of the molecule is CC(C)[C@@H](NC(=O)[C@@H]1CCN(C(=O)C(C)(C)O)C1)C(=O)N1CC[C@](O)(c2ccc(Cl)cc2)C(C)(C)C1. The van der Waals surface area contributed by atoms with Gasteiger partial charge in [0.2, 0.25) is 11.8 Å². The maximum atomic E-state index is 13.6. The lowest BCUT2D eigenvalue weighted by Crippen LogP contribution is -2.60.